The molecule has 0 spiro atoms. The van der Waals surface area contributed by atoms with E-state index < -0.39 is 17.9 Å². The zero-order valence-electron chi connectivity index (χ0n) is 11.5. The first-order valence-electron chi connectivity index (χ1n) is 6.58. The van der Waals surface area contributed by atoms with Crippen LogP contribution in [-0.4, -0.2) is 52.7 Å². The molecule has 2 atom stereocenters. The Labute approximate surface area is 121 Å². The maximum atomic E-state index is 12.6. The minimum atomic E-state index is -0.915. The number of carboxylic acids is 1. The van der Waals surface area contributed by atoms with Gasteiger partial charge in [0, 0.05) is 6.54 Å². The van der Waals surface area contributed by atoms with Gasteiger partial charge in [0.05, 0.1) is 30.5 Å². The van der Waals surface area contributed by atoms with E-state index in [0.717, 1.165) is 11.4 Å². The zero-order valence-corrected chi connectivity index (χ0v) is 12.4. The summed E-state index contributed by atoms with van der Waals surface area (Å²) in [6, 6.07) is -0.401. The topological polar surface area (TPSA) is 79.7 Å². The molecule has 7 heteroatoms. The molecule has 0 aromatic carbocycles. The summed E-state index contributed by atoms with van der Waals surface area (Å²) < 4.78 is 5.26. The van der Waals surface area contributed by atoms with Gasteiger partial charge in [-0.2, -0.15) is 0 Å². The van der Waals surface area contributed by atoms with Gasteiger partial charge in [0.15, 0.2) is 0 Å². The molecule has 1 aliphatic heterocycles. The number of carbonyl (C=O) groups is 2. The molecule has 20 heavy (non-hydrogen) atoms. The van der Waals surface area contributed by atoms with Gasteiger partial charge < -0.3 is 14.7 Å². The summed E-state index contributed by atoms with van der Waals surface area (Å²) in [6.45, 7) is 4.76. The number of rotatable bonds is 5. The summed E-state index contributed by atoms with van der Waals surface area (Å²) >= 11 is 1.33. The summed E-state index contributed by atoms with van der Waals surface area (Å²) in [7, 11) is 0. The molecule has 2 unspecified atom stereocenters. The van der Waals surface area contributed by atoms with Gasteiger partial charge in [-0.1, -0.05) is 6.92 Å². The lowest BCUT2D eigenvalue weighted by molar-refractivity contribution is -0.142. The summed E-state index contributed by atoms with van der Waals surface area (Å²) in [5.74, 6) is -1.72. The molecule has 1 aromatic rings. The molecular formula is C13H18N2O4S. The fourth-order valence-corrected chi connectivity index (χ4v) is 3.08. The molecule has 1 N–H and O–H groups in total. The number of nitrogens with zero attached hydrogens (tertiary/aromatic N) is 2. The van der Waals surface area contributed by atoms with E-state index in [1.807, 2.05) is 13.8 Å². The number of ether oxygens (including phenoxy) is 1. The molecular weight excluding hydrogens is 280 g/mol. The van der Waals surface area contributed by atoms with E-state index in [1.165, 1.54) is 11.3 Å². The first kappa shape index (κ1) is 14.9. The Hall–Kier alpha value is -1.47. The highest BCUT2D eigenvalue weighted by molar-refractivity contribution is 7.13. The van der Waals surface area contributed by atoms with Gasteiger partial charge in [0.2, 0.25) is 0 Å². The summed E-state index contributed by atoms with van der Waals surface area (Å²) in [4.78, 5) is 30.1. The van der Waals surface area contributed by atoms with Crippen molar-refractivity contribution in [3.8, 4) is 0 Å². The van der Waals surface area contributed by atoms with Gasteiger partial charge in [0.1, 0.15) is 10.8 Å². The molecule has 1 aliphatic rings. The van der Waals surface area contributed by atoms with Gasteiger partial charge in [-0.25, -0.2) is 4.98 Å². The number of aromatic nitrogens is 1. The number of hydrogen-bond acceptors (Lipinski definition) is 5. The second-order valence-electron chi connectivity index (χ2n) is 4.79. The van der Waals surface area contributed by atoms with Crippen LogP contribution in [0.2, 0.25) is 0 Å². The van der Waals surface area contributed by atoms with E-state index in [0.29, 0.717) is 11.4 Å². The largest absolute Gasteiger partial charge is 0.481 e. The van der Waals surface area contributed by atoms with Crippen LogP contribution >= 0.6 is 11.3 Å². The molecule has 0 aliphatic carbocycles. The molecule has 110 valence electrons. The van der Waals surface area contributed by atoms with Crippen LogP contribution in [0, 0.1) is 12.8 Å². The second kappa shape index (κ2) is 6.32. The SMILES string of the molecule is CCCN(C(=O)c1cnc(C)s1)C1COCC1C(=O)O. The van der Waals surface area contributed by atoms with Crippen LogP contribution in [0.5, 0.6) is 0 Å². The third kappa shape index (κ3) is 2.99. The first-order chi connectivity index (χ1) is 9.54. The van der Waals surface area contributed by atoms with Gasteiger partial charge in [-0.05, 0) is 13.3 Å². The number of carbonyl (C=O) groups excluding carboxylic acids is 1. The number of amides is 1. The number of aryl methyl sites for hydroxylation is 1. The Morgan fingerprint density at radius 1 is 1.55 bits per heavy atom. The molecule has 0 bridgehead atoms. The van der Waals surface area contributed by atoms with Crippen molar-refractivity contribution in [2.24, 2.45) is 5.92 Å². The number of hydrogen-bond donors (Lipinski definition) is 1. The van der Waals surface area contributed by atoms with Crippen LogP contribution < -0.4 is 0 Å². The van der Waals surface area contributed by atoms with Crippen LogP contribution in [0.3, 0.4) is 0 Å². The first-order valence-corrected chi connectivity index (χ1v) is 7.40. The predicted molar refractivity (Wildman–Crippen MR) is 73.9 cm³/mol. The van der Waals surface area contributed by atoms with Crippen molar-refractivity contribution in [3.05, 3.63) is 16.1 Å². The number of thiazole rings is 1. The molecule has 1 fully saturated rings. The monoisotopic (exact) mass is 298 g/mol. The van der Waals surface area contributed by atoms with Crippen molar-refractivity contribution in [2.45, 2.75) is 26.3 Å². The molecule has 2 heterocycles. The Bertz CT molecular complexity index is 502. The molecule has 2 rings (SSSR count). The van der Waals surface area contributed by atoms with E-state index in [2.05, 4.69) is 4.98 Å². The van der Waals surface area contributed by atoms with Gasteiger partial charge in [-0.3, -0.25) is 9.59 Å². The fraction of sp³-hybridized carbons (Fsp3) is 0.615. The van der Waals surface area contributed by atoms with E-state index in [-0.39, 0.29) is 19.1 Å². The van der Waals surface area contributed by atoms with Crippen LogP contribution in [0.4, 0.5) is 0 Å². The maximum absolute atomic E-state index is 12.6. The van der Waals surface area contributed by atoms with Crippen molar-refractivity contribution in [3.63, 3.8) is 0 Å². The van der Waals surface area contributed by atoms with Crippen LogP contribution in [0.1, 0.15) is 28.0 Å². The van der Waals surface area contributed by atoms with Gasteiger partial charge in [-0.15, -0.1) is 11.3 Å². The maximum Gasteiger partial charge on any atom is 0.311 e. The van der Waals surface area contributed by atoms with Crippen LogP contribution in [0.15, 0.2) is 6.20 Å². The van der Waals surface area contributed by atoms with E-state index in [4.69, 9.17) is 4.74 Å². The summed E-state index contributed by atoms with van der Waals surface area (Å²) in [5.41, 5.74) is 0. The van der Waals surface area contributed by atoms with Gasteiger partial charge in [0.25, 0.3) is 5.91 Å². The lowest BCUT2D eigenvalue weighted by Crippen LogP contribution is -2.46. The normalized spacial score (nSPS) is 21.9. The Kier molecular flexibility index (Phi) is 4.72. The van der Waals surface area contributed by atoms with Crippen molar-refractivity contribution in [1.29, 1.82) is 0 Å². The second-order valence-corrected chi connectivity index (χ2v) is 6.03. The lowest BCUT2D eigenvalue weighted by Gasteiger charge is -2.29. The van der Waals surface area contributed by atoms with Crippen molar-refractivity contribution in [1.82, 2.24) is 9.88 Å². The van der Waals surface area contributed by atoms with Gasteiger partial charge >= 0.3 is 5.97 Å². The minimum absolute atomic E-state index is 0.154. The fourth-order valence-electron chi connectivity index (χ4n) is 2.35. The molecule has 1 aromatic heterocycles. The van der Waals surface area contributed by atoms with E-state index >= 15 is 0 Å². The minimum Gasteiger partial charge on any atom is -0.481 e. The molecule has 1 saturated heterocycles. The van der Waals surface area contributed by atoms with Crippen LogP contribution in [-0.2, 0) is 9.53 Å². The highest BCUT2D eigenvalue weighted by Crippen LogP contribution is 2.24. The smallest absolute Gasteiger partial charge is 0.311 e. The summed E-state index contributed by atoms with van der Waals surface area (Å²) in [5, 5.41) is 10.1. The Morgan fingerprint density at radius 2 is 2.30 bits per heavy atom. The Balaban J connectivity index is 2.22. The molecule has 0 radical (unpaired) electrons. The van der Waals surface area contributed by atoms with Crippen molar-refractivity contribution >= 4 is 23.2 Å². The molecule has 1 amide bonds. The predicted octanol–water partition coefficient (Wildman–Crippen LogP) is 1.40. The highest BCUT2D eigenvalue weighted by Gasteiger charge is 2.40. The number of carboxylic acid groups (broad SMARTS) is 1. The van der Waals surface area contributed by atoms with E-state index in [9.17, 15) is 14.7 Å². The third-order valence-corrected chi connectivity index (χ3v) is 4.23. The average molecular weight is 298 g/mol. The lowest BCUT2D eigenvalue weighted by atomic mass is 10.0. The van der Waals surface area contributed by atoms with Crippen molar-refractivity contribution < 1.29 is 19.4 Å². The number of aliphatic carboxylic acids is 1. The quantitative estimate of drug-likeness (QED) is 0.889. The Morgan fingerprint density at radius 3 is 2.85 bits per heavy atom. The van der Waals surface area contributed by atoms with Crippen molar-refractivity contribution in [2.75, 3.05) is 19.8 Å². The highest BCUT2D eigenvalue weighted by atomic mass is 32.1. The third-order valence-electron chi connectivity index (χ3n) is 3.33. The summed E-state index contributed by atoms with van der Waals surface area (Å²) in [6.07, 6.45) is 2.32. The standard InChI is InChI=1S/C13H18N2O4S/c1-3-4-15(10-7-19-6-9(10)13(17)18)12(16)11-5-14-8(2)20-11/h5,9-10H,3-4,6-7H2,1-2H3,(H,17,18). The zero-order chi connectivity index (χ0) is 14.7. The van der Waals surface area contributed by atoms with E-state index in [1.54, 1.807) is 11.1 Å². The average Bonchev–Trinajstić information content (AvgIpc) is 3.03. The molecule has 6 nitrogen and oxygen atoms in total. The van der Waals surface area contributed by atoms with Crippen LogP contribution in [0.25, 0.3) is 0 Å². The molecule has 0 saturated carbocycles.